The minimum Gasteiger partial charge on any atom is -0.346 e. The molecule has 0 fully saturated rings. The number of hydrogen-bond donors (Lipinski definition) is 0. The Morgan fingerprint density at radius 3 is 0.947 bits per heavy atom. The van der Waals surface area contributed by atoms with Crippen molar-refractivity contribution in [2.45, 2.75) is 58.3 Å². The summed E-state index contributed by atoms with van der Waals surface area (Å²) in [6.07, 6.45) is 28.0. The van der Waals surface area contributed by atoms with Crippen LogP contribution in [0.25, 0.3) is 0 Å². The van der Waals surface area contributed by atoms with Crippen molar-refractivity contribution in [1.29, 1.82) is 0 Å². The average Bonchev–Trinajstić information content (AvgIpc) is 2.30. The summed E-state index contributed by atoms with van der Waals surface area (Å²) in [5.74, 6) is 0. The van der Waals surface area contributed by atoms with Crippen LogP contribution in [0.2, 0.25) is 0 Å². The van der Waals surface area contributed by atoms with Gasteiger partial charge in [-0.25, -0.2) is 0 Å². The Labute approximate surface area is 131 Å². The van der Waals surface area contributed by atoms with Gasteiger partial charge in [-0.15, -0.1) is 0 Å². The van der Waals surface area contributed by atoms with Crippen molar-refractivity contribution < 1.29 is 16.8 Å². The minimum absolute atomic E-state index is 0. The van der Waals surface area contributed by atoms with E-state index in [0.717, 1.165) is 0 Å². The summed E-state index contributed by atoms with van der Waals surface area (Å²) in [6, 6.07) is 0. The van der Waals surface area contributed by atoms with E-state index in [1.54, 1.807) is 6.92 Å². The maximum Gasteiger partial charge on any atom is 0 e. The largest absolute Gasteiger partial charge is 0.346 e. The van der Waals surface area contributed by atoms with E-state index >= 15 is 0 Å². The van der Waals surface area contributed by atoms with Gasteiger partial charge >= 0.3 is 0 Å². The van der Waals surface area contributed by atoms with Crippen molar-refractivity contribution in [3.05, 3.63) is 55.5 Å². The van der Waals surface area contributed by atoms with Gasteiger partial charge in [-0.2, -0.15) is 6.92 Å². The maximum atomic E-state index is 3.25. The zero-order valence-corrected chi connectivity index (χ0v) is 13.4. The minimum atomic E-state index is 0. The Hall–Kier alpha value is -0.534. The molecule has 2 rings (SSSR count). The van der Waals surface area contributed by atoms with E-state index in [4.69, 9.17) is 0 Å². The molecule has 0 spiro atoms. The van der Waals surface area contributed by atoms with E-state index in [0.29, 0.717) is 0 Å². The molecule has 0 aromatic carbocycles. The summed E-state index contributed by atoms with van der Waals surface area (Å²) >= 11 is 0. The first-order valence-corrected chi connectivity index (χ1v) is 7.34. The first-order valence-electron chi connectivity index (χ1n) is 7.34. The standard InChI is InChI=1S/2C8H12.C2H5.Co/c2*1-2-4-6-8-7-5-3-1;1-2;/h2*1-4H,5-8H2;1H2,2H3;/q;;-1;. The summed E-state index contributed by atoms with van der Waals surface area (Å²) in [7, 11) is 0. The molecule has 0 nitrogen and oxygen atoms in total. The van der Waals surface area contributed by atoms with Crippen LogP contribution in [-0.2, 0) is 16.8 Å². The molecular formula is C18H29Co-. The summed E-state index contributed by atoms with van der Waals surface area (Å²) in [5.41, 5.74) is 0. The van der Waals surface area contributed by atoms with Gasteiger partial charge in [0.05, 0.1) is 0 Å². The van der Waals surface area contributed by atoms with Crippen molar-refractivity contribution >= 4 is 0 Å². The number of allylic oxidation sites excluding steroid dienone is 8. The molecule has 0 N–H and O–H groups in total. The quantitative estimate of drug-likeness (QED) is 0.468. The molecule has 0 heterocycles. The van der Waals surface area contributed by atoms with Crippen molar-refractivity contribution in [3.63, 3.8) is 0 Å². The van der Waals surface area contributed by atoms with Crippen LogP contribution in [-0.4, -0.2) is 0 Å². The third-order valence-corrected chi connectivity index (χ3v) is 2.75. The molecule has 2 aliphatic rings. The van der Waals surface area contributed by atoms with E-state index in [1.807, 2.05) is 0 Å². The molecule has 1 radical (unpaired) electrons. The molecule has 0 amide bonds. The molecule has 0 unspecified atom stereocenters. The van der Waals surface area contributed by atoms with Crippen molar-refractivity contribution in [3.8, 4) is 0 Å². The van der Waals surface area contributed by atoms with Gasteiger partial charge in [0.1, 0.15) is 0 Å². The van der Waals surface area contributed by atoms with Crippen molar-refractivity contribution in [2.24, 2.45) is 0 Å². The molecule has 0 atom stereocenters. The predicted molar refractivity (Wildman–Crippen MR) is 84.5 cm³/mol. The predicted octanol–water partition coefficient (Wildman–Crippen LogP) is 6.18. The van der Waals surface area contributed by atoms with Crippen LogP contribution in [0.4, 0.5) is 0 Å². The molecule has 2 aliphatic carbocycles. The molecule has 0 aliphatic heterocycles. The monoisotopic (exact) mass is 304 g/mol. The smallest absolute Gasteiger partial charge is 0 e. The third kappa shape index (κ3) is 17.5. The zero-order valence-electron chi connectivity index (χ0n) is 12.3. The van der Waals surface area contributed by atoms with Crippen LogP contribution in [0.1, 0.15) is 58.3 Å². The molecular weight excluding hydrogens is 275 g/mol. The normalized spacial score (nSPS) is 17.2. The molecule has 19 heavy (non-hydrogen) atoms. The molecule has 0 bridgehead atoms. The fourth-order valence-corrected chi connectivity index (χ4v) is 1.75. The Morgan fingerprint density at radius 2 is 0.737 bits per heavy atom. The summed E-state index contributed by atoms with van der Waals surface area (Å²) in [6.45, 7) is 5.00. The number of rotatable bonds is 0. The van der Waals surface area contributed by atoms with Crippen LogP contribution in [0.15, 0.2) is 48.6 Å². The second kappa shape index (κ2) is 19.8. The van der Waals surface area contributed by atoms with E-state index in [2.05, 4.69) is 55.5 Å². The Bertz CT molecular complexity index is 203. The summed E-state index contributed by atoms with van der Waals surface area (Å²) < 4.78 is 0. The fraction of sp³-hybridized carbons (Fsp3) is 0.500. The fourth-order valence-electron chi connectivity index (χ4n) is 1.75. The summed E-state index contributed by atoms with van der Waals surface area (Å²) in [4.78, 5) is 0. The van der Waals surface area contributed by atoms with Gasteiger partial charge < -0.3 is 6.92 Å². The molecule has 0 aromatic heterocycles. The van der Waals surface area contributed by atoms with E-state index in [1.165, 1.54) is 51.4 Å². The van der Waals surface area contributed by atoms with Crippen LogP contribution < -0.4 is 0 Å². The van der Waals surface area contributed by atoms with Crippen LogP contribution in [0.3, 0.4) is 0 Å². The van der Waals surface area contributed by atoms with Gasteiger partial charge in [0.25, 0.3) is 0 Å². The van der Waals surface area contributed by atoms with Gasteiger partial charge in [-0.3, -0.25) is 0 Å². The van der Waals surface area contributed by atoms with Gasteiger partial charge in [0.15, 0.2) is 0 Å². The van der Waals surface area contributed by atoms with E-state index < -0.39 is 0 Å². The first kappa shape index (κ1) is 20.8. The van der Waals surface area contributed by atoms with Crippen molar-refractivity contribution in [2.75, 3.05) is 0 Å². The molecule has 0 saturated heterocycles. The molecule has 111 valence electrons. The maximum absolute atomic E-state index is 3.25. The van der Waals surface area contributed by atoms with E-state index in [-0.39, 0.29) is 16.8 Å². The first-order chi connectivity index (χ1) is 9.00. The van der Waals surface area contributed by atoms with E-state index in [9.17, 15) is 0 Å². The summed E-state index contributed by atoms with van der Waals surface area (Å²) in [5, 5.41) is 0. The second-order valence-corrected chi connectivity index (χ2v) is 4.28. The van der Waals surface area contributed by atoms with Gasteiger partial charge in [-0.05, 0) is 51.4 Å². The Balaban J connectivity index is 0. The van der Waals surface area contributed by atoms with Crippen LogP contribution in [0.5, 0.6) is 0 Å². The van der Waals surface area contributed by atoms with Gasteiger partial charge in [0.2, 0.25) is 0 Å². The average molecular weight is 304 g/mol. The number of hydrogen-bond acceptors (Lipinski definition) is 0. The van der Waals surface area contributed by atoms with Gasteiger partial charge in [-0.1, -0.05) is 48.6 Å². The molecule has 0 aromatic rings. The zero-order chi connectivity index (χ0) is 13.3. The Morgan fingerprint density at radius 1 is 0.526 bits per heavy atom. The van der Waals surface area contributed by atoms with Crippen LogP contribution in [0, 0.1) is 6.92 Å². The van der Waals surface area contributed by atoms with Crippen LogP contribution >= 0.6 is 0 Å². The molecule has 1 heteroatoms. The SMILES string of the molecule is C1=CCCCCC=C1.C1=CCCCCC=C1.[CH2-]C.[Co]. The van der Waals surface area contributed by atoms with Crippen molar-refractivity contribution in [1.82, 2.24) is 0 Å². The Kier molecular flexibility index (Phi) is 21.7. The molecule has 0 saturated carbocycles. The van der Waals surface area contributed by atoms with Gasteiger partial charge in [0, 0.05) is 16.8 Å². The topological polar surface area (TPSA) is 0 Å². The second-order valence-electron chi connectivity index (χ2n) is 4.28. The third-order valence-electron chi connectivity index (χ3n) is 2.75.